The third-order valence-electron chi connectivity index (χ3n) is 3.47. The topological polar surface area (TPSA) is 21.3 Å². The number of ether oxygens (including phenoxy) is 1. The van der Waals surface area contributed by atoms with Gasteiger partial charge in [0.15, 0.2) is 0 Å². The highest BCUT2D eigenvalue weighted by molar-refractivity contribution is 5.14. The quantitative estimate of drug-likeness (QED) is 0.602. The third-order valence-corrected chi connectivity index (χ3v) is 3.47. The van der Waals surface area contributed by atoms with E-state index in [0.717, 1.165) is 32.6 Å². The molecular formula is C19H33NO. The zero-order valence-electron chi connectivity index (χ0n) is 14.2. The zero-order chi connectivity index (χ0) is 15.4. The second-order valence-electron chi connectivity index (χ2n) is 6.79. The Balaban J connectivity index is 1.81. The van der Waals surface area contributed by atoms with Crippen LogP contribution in [0.5, 0.6) is 0 Å². The van der Waals surface area contributed by atoms with Crippen LogP contribution < -0.4 is 5.32 Å². The van der Waals surface area contributed by atoms with Crippen molar-refractivity contribution in [3.8, 4) is 0 Å². The predicted molar refractivity (Wildman–Crippen MR) is 91.8 cm³/mol. The largest absolute Gasteiger partial charge is 0.381 e. The molecule has 1 aromatic carbocycles. The Bertz CT molecular complexity index is 342. The Hall–Kier alpha value is -0.860. The van der Waals surface area contributed by atoms with Gasteiger partial charge in [0, 0.05) is 18.8 Å². The van der Waals surface area contributed by atoms with Crippen LogP contribution in [0.1, 0.15) is 58.4 Å². The summed E-state index contributed by atoms with van der Waals surface area (Å²) in [6.45, 7) is 9.59. The number of aryl methyl sites for hydroxylation is 1. The lowest BCUT2D eigenvalue weighted by atomic mass is 10.1. The lowest BCUT2D eigenvalue weighted by Gasteiger charge is -2.20. The van der Waals surface area contributed by atoms with Crippen LogP contribution >= 0.6 is 0 Å². The second-order valence-corrected chi connectivity index (χ2v) is 6.79. The summed E-state index contributed by atoms with van der Waals surface area (Å²) in [5.41, 5.74) is 1.66. The standard InChI is InChI=1S/C19H33NO/c1-19(2,3)20-15-9-4-5-10-16-21-17-11-14-18-12-7-6-8-13-18/h6-8,12-13,20H,4-5,9-11,14-17H2,1-3H3. The lowest BCUT2D eigenvalue weighted by Crippen LogP contribution is -2.36. The summed E-state index contributed by atoms with van der Waals surface area (Å²) in [6.07, 6.45) is 7.30. The van der Waals surface area contributed by atoms with Gasteiger partial charge in [-0.05, 0) is 58.6 Å². The zero-order valence-corrected chi connectivity index (χ0v) is 14.2. The molecule has 0 atom stereocenters. The molecular weight excluding hydrogens is 258 g/mol. The summed E-state index contributed by atoms with van der Waals surface area (Å²) in [7, 11) is 0. The maximum Gasteiger partial charge on any atom is 0.0469 e. The Labute approximate surface area is 131 Å². The minimum Gasteiger partial charge on any atom is -0.381 e. The molecule has 0 unspecified atom stereocenters. The molecule has 0 aliphatic rings. The molecule has 0 saturated heterocycles. The van der Waals surface area contributed by atoms with Crippen molar-refractivity contribution >= 4 is 0 Å². The molecule has 21 heavy (non-hydrogen) atoms. The summed E-state index contributed by atoms with van der Waals surface area (Å²) in [4.78, 5) is 0. The van der Waals surface area contributed by atoms with Crippen molar-refractivity contribution in [1.82, 2.24) is 5.32 Å². The van der Waals surface area contributed by atoms with Crippen molar-refractivity contribution in [2.75, 3.05) is 19.8 Å². The molecule has 0 amide bonds. The average molecular weight is 291 g/mol. The molecule has 0 saturated carbocycles. The second kappa shape index (κ2) is 10.8. The molecule has 0 aromatic heterocycles. The first kappa shape index (κ1) is 18.2. The molecule has 0 radical (unpaired) electrons. The van der Waals surface area contributed by atoms with Crippen LogP contribution in [0.25, 0.3) is 0 Å². The molecule has 1 rings (SSSR count). The summed E-state index contributed by atoms with van der Waals surface area (Å²) >= 11 is 0. The molecule has 0 aliphatic carbocycles. The Morgan fingerprint density at radius 1 is 0.857 bits per heavy atom. The number of benzene rings is 1. The fourth-order valence-electron chi connectivity index (χ4n) is 2.27. The van der Waals surface area contributed by atoms with Crippen molar-refractivity contribution in [1.29, 1.82) is 0 Å². The van der Waals surface area contributed by atoms with Crippen LogP contribution in [0, 0.1) is 0 Å². The summed E-state index contributed by atoms with van der Waals surface area (Å²) in [5, 5.41) is 3.52. The molecule has 1 aromatic rings. The maximum absolute atomic E-state index is 5.70. The van der Waals surface area contributed by atoms with E-state index in [9.17, 15) is 0 Å². The summed E-state index contributed by atoms with van der Waals surface area (Å²) in [5.74, 6) is 0. The van der Waals surface area contributed by atoms with Crippen molar-refractivity contribution in [3.05, 3.63) is 35.9 Å². The molecule has 0 aliphatic heterocycles. The van der Waals surface area contributed by atoms with E-state index in [4.69, 9.17) is 4.74 Å². The molecule has 0 spiro atoms. The molecule has 0 bridgehead atoms. The minimum atomic E-state index is 0.252. The molecule has 120 valence electrons. The maximum atomic E-state index is 5.70. The van der Waals surface area contributed by atoms with Gasteiger partial charge in [-0.25, -0.2) is 0 Å². The van der Waals surface area contributed by atoms with Gasteiger partial charge in [0.25, 0.3) is 0 Å². The van der Waals surface area contributed by atoms with Crippen LogP contribution in [0.2, 0.25) is 0 Å². The lowest BCUT2D eigenvalue weighted by molar-refractivity contribution is 0.127. The van der Waals surface area contributed by atoms with Gasteiger partial charge in [0.1, 0.15) is 0 Å². The van der Waals surface area contributed by atoms with Crippen molar-refractivity contribution in [2.45, 2.75) is 64.8 Å². The van der Waals surface area contributed by atoms with Crippen molar-refractivity contribution < 1.29 is 4.74 Å². The van der Waals surface area contributed by atoms with Gasteiger partial charge >= 0.3 is 0 Å². The minimum absolute atomic E-state index is 0.252. The molecule has 1 N–H and O–H groups in total. The Morgan fingerprint density at radius 2 is 1.52 bits per heavy atom. The van der Waals surface area contributed by atoms with Gasteiger partial charge in [-0.3, -0.25) is 0 Å². The van der Waals surface area contributed by atoms with E-state index in [-0.39, 0.29) is 5.54 Å². The molecule has 0 fully saturated rings. The van der Waals surface area contributed by atoms with Crippen molar-refractivity contribution in [2.24, 2.45) is 0 Å². The number of rotatable bonds is 11. The average Bonchev–Trinajstić information content (AvgIpc) is 2.44. The van der Waals surface area contributed by atoms with Gasteiger partial charge in [-0.2, -0.15) is 0 Å². The number of hydrogen-bond acceptors (Lipinski definition) is 2. The molecule has 2 nitrogen and oxygen atoms in total. The van der Waals surface area contributed by atoms with Gasteiger partial charge < -0.3 is 10.1 Å². The smallest absolute Gasteiger partial charge is 0.0469 e. The van der Waals surface area contributed by atoms with E-state index in [2.05, 4.69) is 56.4 Å². The molecule has 0 heterocycles. The SMILES string of the molecule is CC(C)(C)NCCCCCCOCCCc1ccccc1. The highest BCUT2D eigenvalue weighted by atomic mass is 16.5. The highest BCUT2D eigenvalue weighted by Gasteiger charge is 2.06. The Kier molecular flexibility index (Phi) is 9.36. The van der Waals surface area contributed by atoms with Gasteiger partial charge in [-0.1, -0.05) is 43.2 Å². The van der Waals surface area contributed by atoms with Crippen LogP contribution in [0.3, 0.4) is 0 Å². The number of hydrogen-bond donors (Lipinski definition) is 1. The van der Waals surface area contributed by atoms with Crippen LogP contribution in [-0.4, -0.2) is 25.3 Å². The first-order valence-corrected chi connectivity index (χ1v) is 8.45. The van der Waals surface area contributed by atoms with E-state index in [0.29, 0.717) is 0 Å². The van der Waals surface area contributed by atoms with Crippen LogP contribution in [0.4, 0.5) is 0 Å². The van der Waals surface area contributed by atoms with Gasteiger partial charge in [0.2, 0.25) is 0 Å². The highest BCUT2D eigenvalue weighted by Crippen LogP contribution is 2.04. The van der Waals surface area contributed by atoms with Gasteiger partial charge in [0.05, 0.1) is 0 Å². The van der Waals surface area contributed by atoms with Crippen LogP contribution in [0.15, 0.2) is 30.3 Å². The van der Waals surface area contributed by atoms with Crippen molar-refractivity contribution in [3.63, 3.8) is 0 Å². The van der Waals surface area contributed by atoms with E-state index < -0.39 is 0 Å². The fourth-order valence-corrected chi connectivity index (χ4v) is 2.27. The first-order valence-electron chi connectivity index (χ1n) is 8.45. The fraction of sp³-hybridized carbons (Fsp3) is 0.684. The van der Waals surface area contributed by atoms with E-state index in [1.807, 2.05) is 0 Å². The van der Waals surface area contributed by atoms with Crippen LogP contribution in [-0.2, 0) is 11.2 Å². The predicted octanol–water partition coefficient (Wildman–Crippen LogP) is 4.58. The first-order chi connectivity index (χ1) is 10.1. The third kappa shape index (κ3) is 11.5. The normalized spacial score (nSPS) is 11.8. The number of nitrogens with one attached hydrogen (secondary N) is 1. The molecule has 2 heteroatoms. The van der Waals surface area contributed by atoms with E-state index in [1.54, 1.807) is 0 Å². The monoisotopic (exact) mass is 291 g/mol. The van der Waals surface area contributed by atoms with Gasteiger partial charge in [-0.15, -0.1) is 0 Å². The Morgan fingerprint density at radius 3 is 2.24 bits per heavy atom. The summed E-state index contributed by atoms with van der Waals surface area (Å²) in [6, 6.07) is 10.6. The van der Waals surface area contributed by atoms with E-state index in [1.165, 1.54) is 31.2 Å². The van der Waals surface area contributed by atoms with E-state index >= 15 is 0 Å². The summed E-state index contributed by atoms with van der Waals surface area (Å²) < 4.78 is 5.70. The number of unbranched alkanes of at least 4 members (excludes halogenated alkanes) is 3.